The summed E-state index contributed by atoms with van der Waals surface area (Å²) >= 11 is 0. The average molecular weight is 262 g/mol. The van der Waals surface area contributed by atoms with Gasteiger partial charge < -0.3 is 10.6 Å². The summed E-state index contributed by atoms with van der Waals surface area (Å²) in [5.74, 6) is -0.117. The molecule has 4 nitrogen and oxygen atoms in total. The van der Waals surface area contributed by atoms with E-state index in [9.17, 15) is 9.59 Å². The lowest BCUT2D eigenvalue weighted by Gasteiger charge is -2.20. The van der Waals surface area contributed by atoms with E-state index >= 15 is 0 Å². The fourth-order valence-corrected chi connectivity index (χ4v) is 1.57. The Morgan fingerprint density at radius 1 is 1.11 bits per heavy atom. The summed E-state index contributed by atoms with van der Waals surface area (Å²) in [6.07, 6.45) is 1.32. The van der Waals surface area contributed by atoms with Gasteiger partial charge in [0.05, 0.1) is 0 Å². The van der Waals surface area contributed by atoms with Crippen LogP contribution in [0.4, 0.5) is 5.69 Å². The molecule has 0 saturated carbocycles. The summed E-state index contributed by atoms with van der Waals surface area (Å²) in [4.78, 5) is 23.3. The van der Waals surface area contributed by atoms with Gasteiger partial charge in [-0.3, -0.25) is 9.59 Å². The third-order valence-corrected chi connectivity index (χ3v) is 2.40. The number of hydrogen-bond acceptors (Lipinski definition) is 2. The van der Waals surface area contributed by atoms with Gasteiger partial charge in [-0.15, -0.1) is 0 Å². The standard InChI is InChI=1S/C15H22N2O2/c1-5-6-13(18)16-12-9-7-11(8-10-12)14(19)17-15(2,3)4/h7-10H,5-6H2,1-4H3,(H,16,18)(H,17,19). The number of anilines is 1. The molecule has 0 fully saturated rings. The highest BCUT2D eigenvalue weighted by Crippen LogP contribution is 2.11. The largest absolute Gasteiger partial charge is 0.347 e. The summed E-state index contributed by atoms with van der Waals surface area (Å²) < 4.78 is 0. The molecule has 0 bridgehead atoms. The summed E-state index contributed by atoms with van der Waals surface area (Å²) in [6, 6.07) is 6.90. The van der Waals surface area contributed by atoms with E-state index in [-0.39, 0.29) is 17.4 Å². The second-order valence-corrected chi connectivity index (χ2v) is 5.58. The number of amides is 2. The lowest BCUT2D eigenvalue weighted by Crippen LogP contribution is -2.40. The van der Waals surface area contributed by atoms with Crippen LogP contribution in [0.15, 0.2) is 24.3 Å². The van der Waals surface area contributed by atoms with Crippen molar-refractivity contribution >= 4 is 17.5 Å². The molecule has 0 aliphatic carbocycles. The highest BCUT2D eigenvalue weighted by Gasteiger charge is 2.15. The lowest BCUT2D eigenvalue weighted by atomic mass is 10.1. The molecule has 0 saturated heterocycles. The topological polar surface area (TPSA) is 58.2 Å². The smallest absolute Gasteiger partial charge is 0.251 e. The second kappa shape index (κ2) is 6.36. The number of nitrogens with one attached hydrogen (secondary N) is 2. The molecule has 0 spiro atoms. The Morgan fingerprint density at radius 2 is 1.68 bits per heavy atom. The zero-order valence-electron chi connectivity index (χ0n) is 12.0. The number of carbonyl (C=O) groups excluding carboxylic acids is 2. The molecule has 0 aliphatic rings. The molecule has 0 radical (unpaired) electrons. The van der Waals surface area contributed by atoms with Crippen molar-refractivity contribution in [3.05, 3.63) is 29.8 Å². The van der Waals surface area contributed by atoms with Crippen molar-refractivity contribution in [1.82, 2.24) is 5.32 Å². The van der Waals surface area contributed by atoms with Crippen LogP contribution in [0, 0.1) is 0 Å². The highest BCUT2D eigenvalue weighted by molar-refractivity contribution is 5.96. The van der Waals surface area contributed by atoms with Crippen molar-refractivity contribution in [3.8, 4) is 0 Å². The van der Waals surface area contributed by atoms with Crippen molar-refractivity contribution in [3.63, 3.8) is 0 Å². The van der Waals surface area contributed by atoms with Crippen LogP contribution in [0.5, 0.6) is 0 Å². The number of rotatable bonds is 4. The first-order chi connectivity index (χ1) is 8.81. The van der Waals surface area contributed by atoms with Crippen molar-refractivity contribution in [2.24, 2.45) is 0 Å². The molecule has 4 heteroatoms. The first kappa shape index (κ1) is 15.2. The molecule has 0 aliphatic heterocycles. The van der Waals surface area contributed by atoms with Crippen LogP contribution in [0.1, 0.15) is 50.9 Å². The number of hydrogen-bond donors (Lipinski definition) is 2. The Balaban J connectivity index is 2.66. The van der Waals surface area contributed by atoms with Crippen LogP contribution in [0.3, 0.4) is 0 Å². The maximum Gasteiger partial charge on any atom is 0.251 e. The normalized spacial score (nSPS) is 10.9. The molecule has 1 aromatic carbocycles. The van der Waals surface area contributed by atoms with E-state index in [0.717, 1.165) is 6.42 Å². The maximum absolute atomic E-state index is 11.9. The van der Waals surface area contributed by atoms with Crippen molar-refractivity contribution < 1.29 is 9.59 Å². The van der Waals surface area contributed by atoms with Gasteiger partial charge in [-0.2, -0.15) is 0 Å². The van der Waals surface area contributed by atoms with Crippen LogP contribution in [-0.4, -0.2) is 17.4 Å². The summed E-state index contributed by atoms with van der Waals surface area (Å²) in [5, 5.41) is 5.68. The van der Waals surface area contributed by atoms with Gasteiger partial charge in [-0.1, -0.05) is 6.92 Å². The monoisotopic (exact) mass is 262 g/mol. The van der Waals surface area contributed by atoms with E-state index in [1.54, 1.807) is 24.3 Å². The molecule has 1 rings (SSSR count). The Kier molecular flexibility index (Phi) is 5.10. The summed E-state index contributed by atoms with van der Waals surface area (Å²) in [7, 11) is 0. The van der Waals surface area contributed by atoms with Crippen LogP contribution < -0.4 is 10.6 Å². The molecule has 2 N–H and O–H groups in total. The molecule has 0 aromatic heterocycles. The van der Waals surface area contributed by atoms with Gasteiger partial charge in [0, 0.05) is 23.2 Å². The number of benzene rings is 1. The Bertz CT molecular complexity index is 444. The van der Waals surface area contributed by atoms with Crippen molar-refractivity contribution in [1.29, 1.82) is 0 Å². The highest BCUT2D eigenvalue weighted by atomic mass is 16.2. The quantitative estimate of drug-likeness (QED) is 0.876. The van der Waals surface area contributed by atoms with Crippen LogP contribution in [-0.2, 0) is 4.79 Å². The molecule has 0 heterocycles. The first-order valence-electron chi connectivity index (χ1n) is 6.54. The second-order valence-electron chi connectivity index (χ2n) is 5.58. The van der Waals surface area contributed by atoms with Gasteiger partial charge >= 0.3 is 0 Å². The zero-order chi connectivity index (χ0) is 14.5. The minimum atomic E-state index is -0.259. The Labute approximate surface area is 114 Å². The molecule has 0 atom stereocenters. The minimum Gasteiger partial charge on any atom is -0.347 e. The lowest BCUT2D eigenvalue weighted by molar-refractivity contribution is -0.116. The molecular weight excluding hydrogens is 240 g/mol. The Hall–Kier alpha value is -1.84. The van der Waals surface area contributed by atoms with Crippen LogP contribution >= 0.6 is 0 Å². The van der Waals surface area contributed by atoms with Gasteiger partial charge in [-0.25, -0.2) is 0 Å². The van der Waals surface area contributed by atoms with Gasteiger partial charge in [0.1, 0.15) is 0 Å². The third kappa shape index (κ3) is 5.55. The average Bonchev–Trinajstić information content (AvgIpc) is 2.27. The molecule has 104 valence electrons. The van der Waals surface area contributed by atoms with Crippen LogP contribution in [0.25, 0.3) is 0 Å². The predicted octanol–water partition coefficient (Wildman–Crippen LogP) is 2.95. The van der Waals surface area contributed by atoms with Crippen molar-refractivity contribution in [2.75, 3.05) is 5.32 Å². The molecule has 1 aromatic rings. The molecular formula is C15H22N2O2. The maximum atomic E-state index is 11.9. The zero-order valence-corrected chi connectivity index (χ0v) is 12.0. The van der Waals surface area contributed by atoms with Crippen LogP contribution in [0.2, 0.25) is 0 Å². The fraction of sp³-hybridized carbons (Fsp3) is 0.467. The molecule has 0 unspecified atom stereocenters. The SMILES string of the molecule is CCCC(=O)Nc1ccc(C(=O)NC(C)(C)C)cc1. The summed E-state index contributed by atoms with van der Waals surface area (Å²) in [5.41, 5.74) is 1.04. The van der Waals surface area contributed by atoms with Crippen molar-refractivity contribution in [2.45, 2.75) is 46.1 Å². The van der Waals surface area contributed by atoms with E-state index in [2.05, 4.69) is 10.6 Å². The predicted molar refractivity (Wildman–Crippen MR) is 77.2 cm³/mol. The molecule has 19 heavy (non-hydrogen) atoms. The summed E-state index contributed by atoms with van der Waals surface area (Å²) in [6.45, 7) is 7.76. The van der Waals surface area contributed by atoms with E-state index in [4.69, 9.17) is 0 Å². The Morgan fingerprint density at radius 3 is 2.16 bits per heavy atom. The van der Waals surface area contributed by atoms with E-state index in [1.807, 2.05) is 27.7 Å². The van der Waals surface area contributed by atoms with Gasteiger partial charge in [-0.05, 0) is 51.5 Å². The van der Waals surface area contributed by atoms with E-state index in [0.29, 0.717) is 17.7 Å². The van der Waals surface area contributed by atoms with E-state index in [1.165, 1.54) is 0 Å². The number of carbonyl (C=O) groups is 2. The van der Waals surface area contributed by atoms with E-state index < -0.39 is 0 Å². The van der Waals surface area contributed by atoms with Gasteiger partial charge in [0.25, 0.3) is 5.91 Å². The molecule has 2 amide bonds. The third-order valence-electron chi connectivity index (χ3n) is 2.40. The van der Waals surface area contributed by atoms with Gasteiger partial charge in [0.2, 0.25) is 5.91 Å². The first-order valence-corrected chi connectivity index (χ1v) is 6.54. The fourth-order valence-electron chi connectivity index (χ4n) is 1.57. The minimum absolute atomic E-state index is 0.00519. The van der Waals surface area contributed by atoms with Gasteiger partial charge in [0.15, 0.2) is 0 Å².